The van der Waals surface area contributed by atoms with Gasteiger partial charge in [-0.2, -0.15) is 0 Å². The molecule has 0 saturated carbocycles. The van der Waals surface area contributed by atoms with E-state index in [-0.39, 0.29) is 0 Å². The number of methoxy groups -OCH3 is 1. The van der Waals surface area contributed by atoms with Crippen LogP contribution in [0.5, 0.6) is 5.75 Å². The van der Waals surface area contributed by atoms with Gasteiger partial charge in [0.25, 0.3) is 0 Å². The molecular formula is C12H15NO3S. The Morgan fingerprint density at radius 2 is 2.12 bits per heavy atom. The van der Waals surface area contributed by atoms with Gasteiger partial charge in [-0.3, -0.25) is 0 Å². The molecule has 0 radical (unpaired) electrons. The average molecular weight is 253 g/mol. The first-order chi connectivity index (χ1) is 8.10. The molecule has 0 aliphatic carbocycles. The van der Waals surface area contributed by atoms with E-state index in [4.69, 9.17) is 22.1 Å². The Bertz CT molecular complexity index is 391. The molecule has 0 heterocycles. The Morgan fingerprint density at radius 3 is 2.53 bits per heavy atom. The maximum atomic E-state index is 11.0. The number of benzene rings is 1. The molecular weight excluding hydrogens is 238 g/mol. The van der Waals surface area contributed by atoms with Crippen molar-refractivity contribution < 1.29 is 14.6 Å². The molecule has 5 heteroatoms. The van der Waals surface area contributed by atoms with Gasteiger partial charge in [-0.25, -0.2) is 4.79 Å². The van der Waals surface area contributed by atoms with Gasteiger partial charge < -0.3 is 14.7 Å². The van der Waals surface area contributed by atoms with Gasteiger partial charge in [0.05, 0.1) is 7.11 Å². The number of carboxylic acid groups (broad SMARTS) is 1. The van der Waals surface area contributed by atoms with Gasteiger partial charge in [0.2, 0.25) is 0 Å². The zero-order chi connectivity index (χ0) is 12.8. The minimum atomic E-state index is -0.877. The molecule has 92 valence electrons. The molecule has 1 rings (SSSR count). The maximum Gasteiger partial charge on any atom is 0.326 e. The zero-order valence-corrected chi connectivity index (χ0v) is 10.6. The Labute approximate surface area is 106 Å². The van der Waals surface area contributed by atoms with Crippen LogP contribution in [0.4, 0.5) is 5.69 Å². The molecule has 0 fully saturated rings. The number of anilines is 1. The second-order valence-electron chi connectivity index (χ2n) is 3.53. The summed E-state index contributed by atoms with van der Waals surface area (Å²) < 4.78 is 5.05. The quantitative estimate of drug-likeness (QED) is 0.786. The van der Waals surface area contributed by atoms with Gasteiger partial charge in [-0.15, -0.1) is 0 Å². The molecule has 0 spiro atoms. The molecule has 0 aliphatic heterocycles. The fraction of sp³-hybridized carbons (Fsp3) is 0.333. The third kappa shape index (κ3) is 3.42. The van der Waals surface area contributed by atoms with E-state index >= 15 is 0 Å². The lowest BCUT2D eigenvalue weighted by molar-refractivity contribution is -0.138. The number of aliphatic carboxylic acids is 1. The van der Waals surface area contributed by atoms with Gasteiger partial charge in [-0.1, -0.05) is 12.2 Å². The molecule has 1 aromatic carbocycles. The van der Waals surface area contributed by atoms with Crippen LogP contribution in [0.25, 0.3) is 0 Å². The van der Waals surface area contributed by atoms with E-state index in [0.29, 0.717) is 6.54 Å². The van der Waals surface area contributed by atoms with Crippen molar-refractivity contribution in [1.82, 2.24) is 0 Å². The van der Waals surface area contributed by atoms with Crippen LogP contribution in [0.2, 0.25) is 0 Å². The maximum absolute atomic E-state index is 11.0. The molecule has 1 N–H and O–H groups in total. The van der Waals surface area contributed by atoms with Crippen LogP contribution in [0, 0.1) is 0 Å². The number of ether oxygens (including phenoxy) is 1. The fourth-order valence-electron chi connectivity index (χ4n) is 1.47. The highest BCUT2D eigenvalue weighted by molar-refractivity contribution is 7.79. The monoisotopic (exact) mass is 253 g/mol. The van der Waals surface area contributed by atoms with Crippen LogP contribution in [-0.2, 0) is 4.79 Å². The van der Waals surface area contributed by atoms with Crippen molar-refractivity contribution in [3.63, 3.8) is 0 Å². The number of thiocarbonyl (C=S) groups is 1. The number of carbonyl (C=O) groups is 1. The van der Waals surface area contributed by atoms with Crippen molar-refractivity contribution in [2.45, 2.75) is 13.0 Å². The SMILES string of the molecule is COc1ccc(N(CC=S)[C@@H](C)C(=O)O)cc1. The van der Waals surface area contributed by atoms with Crippen LogP contribution in [0.3, 0.4) is 0 Å². The van der Waals surface area contributed by atoms with Crippen LogP contribution in [0.1, 0.15) is 6.92 Å². The average Bonchev–Trinajstić information content (AvgIpc) is 2.35. The van der Waals surface area contributed by atoms with Crippen molar-refractivity contribution >= 4 is 29.2 Å². The third-order valence-corrected chi connectivity index (χ3v) is 2.65. The smallest absolute Gasteiger partial charge is 0.326 e. The van der Waals surface area contributed by atoms with Gasteiger partial charge >= 0.3 is 5.97 Å². The molecule has 0 amide bonds. The summed E-state index contributed by atoms with van der Waals surface area (Å²) in [5.41, 5.74) is 0.807. The number of hydrogen-bond donors (Lipinski definition) is 1. The van der Waals surface area contributed by atoms with Crippen molar-refractivity contribution in [2.75, 3.05) is 18.6 Å². The highest BCUT2D eigenvalue weighted by Crippen LogP contribution is 2.20. The van der Waals surface area contributed by atoms with E-state index in [1.54, 1.807) is 31.1 Å². The Kier molecular flexibility index (Phi) is 4.90. The molecule has 1 atom stereocenters. The van der Waals surface area contributed by atoms with Gasteiger partial charge in [-0.05, 0) is 36.6 Å². The lowest BCUT2D eigenvalue weighted by Gasteiger charge is -2.27. The molecule has 0 bridgehead atoms. The summed E-state index contributed by atoms with van der Waals surface area (Å²) in [7, 11) is 1.59. The second-order valence-corrected chi connectivity index (χ2v) is 3.86. The first-order valence-corrected chi connectivity index (χ1v) is 5.64. The highest BCUT2D eigenvalue weighted by Gasteiger charge is 2.19. The van der Waals surface area contributed by atoms with Crippen LogP contribution >= 0.6 is 12.2 Å². The van der Waals surface area contributed by atoms with Gasteiger partial charge in [0.1, 0.15) is 11.8 Å². The summed E-state index contributed by atoms with van der Waals surface area (Å²) in [5, 5.41) is 10.5. The number of hydrogen-bond acceptors (Lipinski definition) is 4. The highest BCUT2D eigenvalue weighted by atomic mass is 32.1. The van der Waals surface area contributed by atoms with E-state index < -0.39 is 12.0 Å². The molecule has 1 aromatic rings. The lowest BCUT2D eigenvalue weighted by Crippen LogP contribution is -2.40. The topological polar surface area (TPSA) is 49.8 Å². The van der Waals surface area contributed by atoms with E-state index in [2.05, 4.69) is 0 Å². The molecule has 0 unspecified atom stereocenters. The first-order valence-electron chi connectivity index (χ1n) is 5.17. The zero-order valence-electron chi connectivity index (χ0n) is 9.79. The van der Waals surface area contributed by atoms with E-state index in [1.807, 2.05) is 12.1 Å². The largest absolute Gasteiger partial charge is 0.497 e. The first kappa shape index (κ1) is 13.4. The summed E-state index contributed by atoms with van der Waals surface area (Å²) in [4.78, 5) is 12.7. The Morgan fingerprint density at radius 1 is 1.53 bits per heavy atom. The minimum Gasteiger partial charge on any atom is -0.497 e. The van der Waals surface area contributed by atoms with E-state index in [9.17, 15) is 4.79 Å². The molecule has 0 saturated heterocycles. The number of carboxylic acids is 1. The second kappa shape index (κ2) is 6.20. The van der Waals surface area contributed by atoms with Crippen molar-refractivity contribution in [3.05, 3.63) is 24.3 Å². The van der Waals surface area contributed by atoms with Crippen molar-refractivity contribution in [1.29, 1.82) is 0 Å². The van der Waals surface area contributed by atoms with Crippen LogP contribution in [0.15, 0.2) is 24.3 Å². The van der Waals surface area contributed by atoms with Crippen LogP contribution in [-0.4, -0.2) is 36.1 Å². The Balaban J connectivity index is 2.96. The summed E-state index contributed by atoms with van der Waals surface area (Å²) in [6.45, 7) is 2.04. The van der Waals surface area contributed by atoms with Gasteiger partial charge in [0.15, 0.2) is 0 Å². The summed E-state index contributed by atoms with van der Waals surface area (Å²) in [6.07, 6.45) is 0. The molecule has 17 heavy (non-hydrogen) atoms. The Hall–Kier alpha value is -1.62. The summed E-state index contributed by atoms with van der Waals surface area (Å²) in [5.74, 6) is -0.142. The summed E-state index contributed by atoms with van der Waals surface area (Å²) in [6, 6.07) is 6.59. The molecule has 0 aromatic heterocycles. The standard InChI is InChI=1S/C12H15NO3S/c1-9(12(14)15)13(7-8-17)10-3-5-11(16-2)6-4-10/h3-6,8-9H,7H2,1-2H3,(H,14,15)/t9-/m0/s1. The van der Waals surface area contributed by atoms with Crippen LogP contribution < -0.4 is 9.64 Å². The predicted molar refractivity (Wildman–Crippen MR) is 71.1 cm³/mol. The normalized spacial score (nSPS) is 11.6. The summed E-state index contributed by atoms with van der Waals surface area (Å²) >= 11 is 4.80. The van der Waals surface area contributed by atoms with Crippen molar-refractivity contribution in [2.24, 2.45) is 0 Å². The molecule has 0 aliphatic rings. The van der Waals surface area contributed by atoms with E-state index in [1.165, 1.54) is 5.37 Å². The van der Waals surface area contributed by atoms with E-state index in [0.717, 1.165) is 11.4 Å². The lowest BCUT2D eigenvalue weighted by atomic mass is 10.2. The minimum absolute atomic E-state index is 0.412. The van der Waals surface area contributed by atoms with Crippen molar-refractivity contribution in [3.8, 4) is 5.75 Å². The third-order valence-electron chi connectivity index (χ3n) is 2.50. The predicted octanol–water partition coefficient (Wildman–Crippen LogP) is 1.97. The van der Waals surface area contributed by atoms with Gasteiger partial charge in [0, 0.05) is 12.2 Å². The number of nitrogens with zero attached hydrogens (tertiary/aromatic N) is 1. The fourth-order valence-corrected chi connectivity index (χ4v) is 1.64. The molecule has 4 nitrogen and oxygen atoms in total. The number of rotatable bonds is 6.